The first kappa shape index (κ1) is 21.2. The van der Waals surface area contributed by atoms with E-state index in [2.05, 4.69) is 10.3 Å². The van der Waals surface area contributed by atoms with Gasteiger partial charge in [0.2, 0.25) is 11.8 Å². The minimum absolute atomic E-state index is 0.111. The molecule has 0 saturated heterocycles. The summed E-state index contributed by atoms with van der Waals surface area (Å²) >= 11 is 0. The van der Waals surface area contributed by atoms with Crippen LogP contribution in [0.2, 0.25) is 0 Å². The summed E-state index contributed by atoms with van der Waals surface area (Å²) in [6.07, 6.45) is 0. The second-order valence-electron chi connectivity index (χ2n) is 7.64. The molecule has 2 aromatic carbocycles. The minimum Gasteiger partial charge on any atom is -0.335 e. The summed E-state index contributed by atoms with van der Waals surface area (Å²) < 4.78 is 1.34. The van der Waals surface area contributed by atoms with Crippen molar-refractivity contribution in [2.45, 2.75) is 34.2 Å². The third-order valence-electron chi connectivity index (χ3n) is 5.09. The summed E-state index contributed by atoms with van der Waals surface area (Å²) in [5.74, 6) is -0.179. The molecule has 0 saturated carbocycles. The number of aryl methyl sites for hydroxylation is 4. The number of nitrogens with one attached hydrogen (secondary N) is 1. The van der Waals surface area contributed by atoms with Gasteiger partial charge in [-0.15, -0.1) is 0 Å². The first-order valence-corrected chi connectivity index (χ1v) is 9.75. The number of anilines is 1. The zero-order chi connectivity index (χ0) is 22.0. The second kappa shape index (κ2) is 8.49. The third kappa shape index (κ3) is 4.40. The van der Waals surface area contributed by atoms with Crippen LogP contribution in [-0.2, 0) is 16.1 Å². The third-order valence-corrected chi connectivity index (χ3v) is 5.09. The molecule has 0 fully saturated rings. The molecule has 3 rings (SSSR count). The number of nitrogens with zero attached hydrogens (tertiary/aromatic N) is 3. The molecule has 0 atom stereocenters. The minimum atomic E-state index is -0.343. The molecule has 1 heterocycles. The number of para-hydroxylation sites is 1. The lowest BCUT2D eigenvalue weighted by Crippen LogP contribution is -2.39. The Balaban J connectivity index is 1.72. The lowest BCUT2D eigenvalue weighted by atomic mass is 10.1. The van der Waals surface area contributed by atoms with Crippen molar-refractivity contribution in [2.75, 3.05) is 18.9 Å². The molecule has 0 unspecified atom stereocenters. The van der Waals surface area contributed by atoms with Gasteiger partial charge in [0.05, 0.1) is 17.4 Å². The van der Waals surface area contributed by atoms with Crippen LogP contribution in [0.5, 0.6) is 0 Å². The van der Waals surface area contributed by atoms with E-state index in [1.807, 2.05) is 39.0 Å². The van der Waals surface area contributed by atoms with Gasteiger partial charge in [0.15, 0.2) is 0 Å². The van der Waals surface area contributed by atoms with E-state index < -0.39 is 0 Å². The maximum Gasteiger partial charge on any atom is 0.261 e. The van der Waals surface area contributed by atoms with Crippen molar-refractivity contribution in [3.8, 4) is 0 Å². The van der Waals surface area contributed by atoms with Crippen LogP contribution in [0, 0.1) is 27.7 Å². The SMILES string of the molecule is Cc1cc(C)c(NC(=O)CN(C)C(=O)Cn2c(C)nc3ccccc3c2=O)c(C)c1. The number of likely N-dealkylation sites (N-methyl/N-ethyl adjacent to an activating group) is 1. The Morgan fingerprint density at radius 3 is 2.37 bits per heavy atom. The van der Waals surface area contributed by atoms with Crippen LogP contribution < -0.4 is 10.9 Å². The number of amides is 2. The van der Waals surface area contributed by atoms with Gasteiger partial charge >= 0.3 is 0 Å². The van der Waals surface area contributed by atoms with Crippen LogP contribution in [-0.4, -0.2) is 39.9 Å². The molecule has 7 nitrogen and oxygen atoms in total. The molecule has 0 spiro atoms. The maximum absolute atomic E-state index is 12.7. The molecule has 3 aromatic rings. The predicted molar refractivity (Wildman–Crippen MR) is 118 cm³/mol. The lowest BCUT2D eigenvalue weighted by Gasteiger charge is -2.19. The van der Waals surface area contributed by atoms with E-state index in [1.165, 1.54) is 9.47 Å². The van der Waals surface area contributed by atoms with Gasteiger partial charge in [-0.2, -0.15) is 0 Å². The highest BCUT2D eigenvalue weighted by molar-refractivity contribution is 5.95. The number of hydrogen-bond donors (Lipinski definition) is 1. The van der Waals surface area contributed by atoms with Crippen molar-refractivity contribution < 1.29 is 9.59 Å². The molecular formula is C23H26N4O3. The average molecular weight is 406 g/mol. The molecule has 1 aromatic heterocycles. The second-order valence-corrected chi connectivity index (χ2v) is 7.64. The molecule has 0 aliphatic carbocycles. The Kier molecular flexibility index (Phi) is 6.01. The van der Waals surface area contributed by atoms with E-state index in [9.17, 15) is 14.4 Å². The first-order valence-electron chi connectivity index (χ1n) is 9.75. The smallest absolute Gasteiger partial charge is 0.261 e. The van der Waals surface area contributed by atoms with Crippen LogP contribution in [0.3, 0.4) is 0 Å². The molecule has 156 valence electrons. The summed E-state index contributed by atoms with van der Waals surface area (Å²) in [6, 6.07) is 11.0. The number of benzene rings is 2. The Labute approximate surface area is 175 Å². The zero-order valence-corrected chi connectivity index (χ0v) is 17.9. The van der Waals surface area contributed by atoms with Gasteiger partial charge in [-0.3, -0.25) is 19.0 Å². The van der Waals surface area contributed by atoms with Crippen molar-refractivity contribution in [1.29, 1.82) is 0 Å². The van der Waals surface area contributed by atoms with E-state index >= 15 is 0 Å². The standard InChI is InChI=1S/C23H26N4O3/c1-14-10-15(2)22(16(3)11-14)25-20(28)12-26(5)21(29)13-27-17(4)24-19-9-7-6-8-18(19)23(27)30/h6-11H,12-13H2,1-5H3,(H,25,28). The van der Waals surface area contributed by atoms with Crippen LogP contribution in [0.15, 0.2) is 41.2 Å². The van der Waals surface area contributed by atoms with Crippen LogP contribution in [0.4, 0.5) is 5.69 Å². The van der Waals surface area contributed by atoms with Gasteiger partial charge in [0.1, 0.15) is 12.4 Å². The fourth-order valence-electron chi connectivity index (χ4n) is 3.58. The highest BCUT2D eigenvalue weighted by Crippen LogP contribution is 2.21. The molecule has 2 amide bonds. The molecule has 30 heavy (non-hydrogen) atoms. The van der Waals surface area contributed by atoms with Crippen molar-refractivity contribution in [2.24, 2.45) is 0 Å². The van der Waals surface area contributed by atoms with Crippen LogP contribution in [0.1, 0.15) is 22.5 Å². The number of hydrogen-bond acceptors (Lipinski definition) is 4. The largest absolute Gasteiger partial charge is 0.335 e. The average Bonchev–Trinajstić information content (AvgIpc) is 2.67. The van der Waals surface area contributed by atoms with Gasteiger partial charge in [0.25, 0.3) is 5.56 Å². The molecule has 1 N–H and O–H groups in total. The molecular weight excluding hydrogens is 380 g/mol. The topological polar surface area (TPSA) is 84.3 Å². The van der Waals surface area contributed by atoms with Gasteiger partial charge in [-0.25, -0.2) is 4.98 Å². The normalized spacial score (nSPS) is 10.8. The molecule has 0 radical (unpaired) electrons. The van der Waals surface area contributed by atoms with E-state index in [4.69, 9.17) is 0 Å². The predicted octanol–water partition coefficient (Wildman–Crippen LogP) is 2.73. The van der Waals surface area contributed by atoms with E-state index in [-0.39, 0.29) is 30.5 Å². The number of aromatic nitrogens is 2. The van der Waals surface area contributed by atoms with E-state index in [1.54, 1.807) is 32.2 Å². The van der Waals surface area contributed by atoms with Crippen molar-refractivity contribution in [3.63, 3.8) is 0 Å². The van der Waals surface area contributed by atoms with Crippen molar-refractivity contribution in [1.82, 2.24) is 14.5 Å². The number of carbonyl (C=O) groups excluding carboxylic acids is 2. The highest BCUT2D eigenvalue weighted by Gasteiger charge is 2.17. The summed E-state index contributed by atoms with van der Waals surface area (Å²) in [7, 11) is 1.55. The van der Waals surface area contributed by atoms with Crippen LogP contribution in [0.25, 0.3) is 10.9 Å². The Hall–Kier alpha value is -3.48. The van der Waals surface area contributed by atoms with Crippen LogP contribution >= 0.6 is 0 Å². The van der Waals surface area contributed by atoms with Crippen molar-refractivity contribution >= 4 is 28.4 Å². The quantitative estimate of drug-likeness (QED) is 0.706. The molecule has 0 aliphatic rings. The summed E-state index contributed by atoms with van der Waals surface area (Å²) in [6.45, 7) is 7.29. The summed E-state index contributed by atoms with van der Waals surface area (Å²) in [4.78, 5) is 43.6. The molecule has 0 bridgehead atoms. The summed E-state index contributed by atoms with van der Waals surface area (Å²) in [5, 5.41) is 3.35. The van der Waals surface area contributed by atoms with Gasteiger partial charge in [0, 0.05) is 12.7 Å². The van der Waals surface area contributed by atoms with Gasteiger partial charge in [-0.1, -0.05) is 29.8 Å². The Morgan fingerprint density at radius 2 is 1.70 bits per heavy atom. The maximum atomic E-state index is 12.7. The number of fused-ring (bicyclic) bond motifs is 1. The monoisotopic (exact) mass is 406 g/mol. The first-order chi connectivity index (χ1) is 14.2. The summed E-state index contributed by atoms with van der Waals surface area (Å²) in [5.41, 5.74) is 4.16. The fourth-order valence-corrected chi connectivity index (χ4v) is 3.58. The van der Waals surface area contributed by atoms with E-state index in [0.29, 0.717) is 16.7 Å². The Bertz CT molecular complexity index is 1170. The zero-order valence-electron chi connectivity index (χ0n) is 17.9. The van der Waals surface area contributed by atoms with Gasteiger partial charge in [-0.05, 0) is 51.0 Å². The number of rotatable bonds is 5. The fraction of sp³-hybridized carbons (Fsp3) is 0.304. The Morgan fingerprint density at radius 1 is 1.07 bits per heavy atom. The molecule has 7 heteroatoms. The lowest BCUT2D eigenvalue weighted by molar-refractivity contribution is -0.133. The van der Waals surface area contributed by atoms with E-state index in [0.717, 1.165) is 22.4 Å². The van der Waals surface area contributed by atoms with Gasteiger partial charge < -0.3 is 10.2 Å². The number of carbonyl (C=O) groups is 2. The van der Waals surface area contributed by atoms with Crippen molar-refractivity contribution in [3.05, 3.63) is 69.3 Å². The molecule has 0 aliphatic heterocycles. The highest BCUT2D eigenvalue weighted by atomic mass is 16.2.